The molecule has 1 fully saturated rings. The first-order valence-corrected chi connectivity index (χ1v) is 7.44. The van der Waals surface area contributed by atoms with Crippen LogP contribution in [-0.4, -0.2) is 29.0 Å². The van der Waals surface area contributed by atoms with E-state index in [1.807, 2.05) is 0 Å². The highest BCUT2D eigenvalue weighted by atomic mass is 16.5. The number of urea groups is 1. The van der Waals surface area contributed by atoms with Crippen molar-refractivity contribution in [2.75, 3.05) is 18.4 Å². The van der Waals surface area contributed by atoms with E-state index in [1.54, 1.807) is 47.5 Å². The Kier molecular flexibility index (Phi) is 4.39. The van der Waals surface area contributed by atoms with Crippen LogP contribution in [-0.2, 0) is 0 Å². The van der Waals surface area contributed by atoms with Crippen LogP contribution < -0.4 is 10.1 Å². The Balaban J connectivity index is 1.60. The lowest BCUT2D eigenvalue weighted by molar-refractivity contribution is 0.222. The van der Waals surface area contributed by atoms with Crippen molar-refractivity contribution < 1.29 is 9.53 Å². The highest BCUT2D eigenvalue weighted by Gasteiger charge is 2.17. The predicted molar refractivity (Wildman–Crippen MR) is 85.3 cm³/mol. The number of rotatable bonds is 3. The Bertz CT molecular complexity index is 714. The van der Waals surface area contributed by atoms with Crippen molar-refractivity contribution in [1.29, 1.82) is 5.26 Å². The standard InChI is InChI=1S/C17H16N4O2/c18-11-13-3-6-15(7-4-13)23-16-8-5-14(12-19-16)20-17(22)21-9-1-2-10-21/h3-8,12H,1-2,9-10H2,(H,20,22). The van der Waals surface area contributed by atoms with Crippen molar-refractivity contribution in [3.63, 3.8) is 0 Å². The van der Waals surface area contributed by atoms with E-state index < -0.39 is 0 Å². The molecule has 2 amide bonds. The van der Waals surface area contributed by atoms with Gasteiger partial charge >= 0.3 is 6.03 Å². The Morgan fingerprint density at radius 2 is 1.91 bits per heavy atom. The van der Waals surface area contributed by atoms with Gasteiger partial charge in [-0.05, 0) is 43.2 Å². The second kappa shape index (κ2) is 6.79. The molecule has 3 rings (SSSR count). The third kappa shape index (κ3) is 3.77. The van der Waals surface area contributed by atoms with Crippen molar-refractivity contribution in [2.45, 2.75) is 12.8 Å². The van der Waals surface area contributed by atoms with Gasteiger partial charge in [0.05, 0.1) is 23.5 Å². The molecular formula is C17H16N4O2. The number of carbonyl (C=O) groups is 1. The van der Waals surface area contributed by atoms with Crippen molar-refractivity contribution >= 4 is 11.7 Å². The molecule has 1 aliphatic heterocycles. The summed E-state index contributed by atoms with van der Waals surface area (Å²) in [5, 5.41) is 11.6. The predicted octanol–water partition coefficient (Wildman–Crippen LogP) is 3.37. The summed E-state index contributed by atoms with van der Waals surface area (Å²) in [4.78, 5) is 17.9. The molecule has 1 aliphatic rings. The molecule has 0 radical (unpaired) electrons. The number of hydrogen-bond donors (Lipinski definition) is 1. The van der Waals surface area contributed by atoms with Gasteiger partial charge < -0.3 is 15.0 Å². The van der Waals surface area contributed by atoms with Gasteiger partial charge in [-0.3, -0.25) is 0 Å². The normalized spacial score (nSPS) is 13.4. The molecule has 1 aromatic carbocycles. The van der Waals surface area contributed by atoms with Crippen LogP contribution in [0.1, 0.15) is 18.4 Å². The third-order valence-corrected chi connectivity index (χ3v) is 3.59. The largest absolute Gasteiger partial charge is 0.439 e. The highest BCUT2D eigenvalue weighted by molar-refractivity contribution is 5.89. The number of likely N-dealkylation sites (tertiary alicyclic amines) is 1. The van der Waals surface area contributed by atoms with Crippen LogP contribution in [0.2, 0.25) is 0 Å². The fourth-order valence-corrected chi connectivity index (χ4v) is 2.36. The number of nitrogens with zero attached hydrogens (tertiary/aromatic N) is 3. The summed E-state index contributed by atoms with van der Waals surface area (Å²) in [6.07, 6.45) is 3.68. The van der Waals surface area contributed by atoms with Crippen LogP contribution in [0.25, 0.3) is 0 Å². The maximum Gasteiger partial charge on any atom is 0.321 e. The van der Waals surface area contributed by atoms with Crippen molar-refractivity contribution in [1.82, 2.24) is 9.88 Å². The number of anilines is 1. The van der Waals surface area contributed by atoms with Gasteiger partial charge in [0.25, 0.3) is 0 Å². The lowest BCUT2D eigenvalue weighted by atomic mass is 10.2. The molecular weight excluding hydrogens is 292 g/mol. The monoisotopic (exact) mass is 308 g/mol. The third-order valence-electron chi connectivity index (χ3n) is 3.59. The number of amides is 2. The number of nitriles is 1. The number of pyridine rings is 1. The minimum Gasteiger partial charge on any atom is -0.439 e. The molecule has 0 unspecified atom stereocenters. The lowest BCUT2D eigenvalue weighted by Gasteiger charge is -2.16. The van der Waals surface area contributed by atoms with Crippen molar-refractivity contribution in [2.24, 2.45) is 0 Å². The van der Waals surface area contributed by atoms with Crippen LogP contribution in [0.15, 0.2) is 42.6 Å². The van der Waals surface area contributed by atoms with Crippen LogP contribution in [0, 0.1) is 11.3 Å². The summed E-state index contributed by atoms with van der Waals surface area (Å²) in [5.74, 6) is 1.03. The zero-order valence-corrected chi connectivity index (χ0v) is 12.5. The molecule has 116 valence electrons. The average Bonchev–Trinajstić information content (AvgIpc) is 3.12. The zero-order chi connectivity index (χ0) is 16.1. The van der Waals surface area contributed by atoms with Crippen molar-refractivity contribution in [3.8, 4) is 17.7 Å². The van der Waals surface area contributed by atoms with E-state index in [-0.39, 0.29) is 6.03 Å². The summed E-state index contributed by atoms with van der Waals surface area (Å²) in [7, 11) is 0. The minimum atomic E-state index is -0.0925. The summed E-state index contributed by atoms with van der Waals surface area (Å²) in [6, 6.07) is 12.2. The Morgan fingerprint density at radius 3 is 2.52 bits per heavy atom. The van der Waals surface area contributed by atoms with Gasteiger partial charge in [-0.15, -0.1) is 0 Å². The lowest BCUT2D eigenvalue weighted by Crippen LogP contribution is -2.32. The van der Waals surface area contributed by atoms with Gasteiger partial charge in [-0.25, -0.2) is 9.78 Å². The number of hydrogen-bond acceptors (Lipinski definition) is 4. The number of aromatic nitrogens is 1. The summed E-state index contributed by atoms with van der Waals surface area (Å²) in [6.45, 7) is 1.61. The maximum atomic E-state index is 12.0. The fourth-order valence-electron chi connectivity index (χ4n) is 2.36. The molecule has 2 aromatic rings. The first-order chi connectivity index (χ1) is 11.2. The minimum absolute atomic E-state index is 0.0925. The number of nitrogens with one attached hydrogen (secondary N) is 1. The topological polar surface area (TPSA) is 78.2 Å². The maximum absolute atomic E-state index is 12.0. The highest BCUT2D eigenvalue weighted by Crippen LogP contribution is 2.21. The van der Waals surface area contributed by atoms with E-state index in [0.717, 1.165) is 25.9 Å². The molecule has 0 bridgehead atoms. The first kappa shape index (κ1) is 14.9. The molecule has 6 nitrogen and oxygen atoms in total. The number of carbonyl (C=O) groups excluding carboxylic acids is 1. The van der Waals surface area contributed by atoms with Crippen LogP contribution in [0.3, 0.4) is 0 Å². The SMILES string of the molecule is N#Cc1ccc(Oc2ccc(NC(=O)N3CCCC3)cn2)cc1. The van der Waals surface area contributed by atoms with Gasteiger partial charge in [0.15, 0.2) is 0 Å². The fraction of sp³-hybridized carbons (Fsp3) is 0.235. The molecule has 2 heterocycles. The number of ether oxygens (including phenoxy) is 1. The van der Waals surface area contributed by atoms with E-state index in [4.69, 9.17) is 10.00 Å². The van der Waals surface area contributed by atoms with Gasteiger partial charge in [-0.2, -0.15) is 5.26 Å². The van der Waals surface area contributed by atoms with Gasteiger partial charge in [0.1, 0.15) is 5.75 Å². The molecule has 0 aliphatic carbocycles. The molecule has 6 heteroatoms. The first-order valence-electron chi connectivity index (χ1n) is 7.44. The zero-order valence-electron chi connectivity index (χ0n) is 12.5. The second-order valence-corrected chi connectivity index (χ2v) is 5.25. The quantitative estimate of drug-likeness (QED) is 0.943. The summed E-state index contributed by atoms with van der Waals surface area (Å²) < 4.78 is 5.59. The van der Waals surface area contributed by atoms with Crippen LogP contribution >= 0.6 is 0 Å². The summed E-state index contributed by atoms with van der Waals surface area (Å²) >= 11 is 0. The average molecular weight is 308 g/mol. The number of benzene rings is 1. The van der Waals surface area contributed by atoms with E-state index in [0.29, 0.717) is 22.9 Å². The molecule has 23 heavy (non-hydrogen) atoms. The van der Waals surface area contributed by atoms with E-state index >= 15 is 0 Å². The molecule has 1 saturated heterocycles. The molecule has 0 spiro atoms. The Hall–Kier alpha value is -3.07. The van der Waals surface area contributed by atoms with Crippen LogP contribution in [0.4, 0.5) is 10.5 Å². The van der Waals surface area contributed by atoms with Crippen LogP contribution in [0.5, 0.6) is 11.6 Å². The Morgan fingerprint density at radius 1 is 1.17 bits per heavy atom. The summed E-state index contributed by atoms with van der Waals surface area (Å²) in [5.41, 5.74) is 1.21. The second-order valence-electron chi connectivity index (χ2n) is 5.25. The van der Waals surface area contributed by atoms with E-state index in [1.165, 1.54) is 0 Å². The van der Waals surface area contributed by atoms with Crippen molar-refractivity contribution in [3.05, 3.63) is 48.2 Å². The van der Waals surface area contributed by atoms with E-state index in [9.17, 15) is 4.79 Å². The van der Waals surface area contributed by atoms with E-state index in [2.05, 4.69) is 16.4 Å². The van der Waals surface area contributed by atoms with Gasteiger partial charge in [0.2, 0.25) is 5.88 Å². The molecule has 1 N–H and O–H groups in total. The smallest absolute Gasteiger partial charge is 0.321 e. The molecule has 0 saturated carbocycles. The molecule has 1 aromatic heterocycles. The molecule has 0 atom stereocenters. The van der Waals surface area contributed by atoms with Gasteiger partial charge in [-0.1, -0.05) is 0 Å². The Labute approximate surface area is 134 Å². The van der Waals surface area contributed by atoms with Gasteiger partial charge in [0, 0.05) is 19.2 Å².